The quantitative estimate of drug-likeness (QED) is 0.665. The molecule has 7 nitrogen and oxygen atoms in total. The predicted molar refractivity (Wildman–Crippen MR) is 112 cm³/mol. The second-order valence-corrected chi connectivity index (χ2v) is 8.23. The number of fused-ring (bicyclic) bond motifs is 1. The monoisotopic (exact) mass is 428 g/mol. The van der Waals surface area contributed by atoms with Crippen molar-refractivity contribution in [3.05, 3.63) is 73.5 Å². The van der Waals surface area contributed by atoms with E-state index in [1.807, 2.05) is 0 Å². The van der Waals surface area contributed by atoms with Crippen molar-refractivity contribution in [3.63, 3.8) is 0 Å². The van der Waals surface area contributed by atoms with Gasteiger partial charge in [-0.1, -0.05) is 17.7 Å². The number of primary amides is 1. The topological polar surface area (TPSA) is 107 Å². The zero-order valence-electron chi connectivity index (χ0n) is 15.3. The molecule has 148 valence electrons. The number of halogens is 1. The zero-order chi connectivity index (χ0) is 20.5. The van der Waals surface area contributed by atoms with Crippen LogP contribution in [0.4, 0.5) is 5.00 Å². The van der Waals surface area contributed by atoms with Crippen molar-refractivity contribution in [3.8, 4) is 5.69 Å². The zero-order valence-corrected chi connectivity index (χ0v) is 16.8. The van der Waals surface area contributed by atoms with Gasteiger partial charge in [0.1, 0.15) is 5.00 Å². The average Bonchev–Trinajstić information content (AvgIpc) is 3.06. The van der Waals surface area contributed by atoms with Gasteiger partial charge in [-0.25, -0.2) is 4.68 Å². The van der Waals surface area contributed by atoms with Gasteiger partial charge in [-0.05, 0) is 49.4 Å². The van der Waals surface area contributed by atoms with Gasteiger partial charge >= 0.3 is 0 Å². The first-order valence-electron chi connectivity index (χ1n) is 9.05. The molecule has 2 aromatic heterocycles. The molecular weight excluding hydrogens is 412 g/mol. The molecule has 0 bridgehead atoms. The molecule has 1 aliphatic carbocycles. The molecule has 0 radical (unpaired) electrons. The van der Waals surface area contributed by atoms with Gasteiger partial charge in [-0.2, -0.15) is 5.10 Å². The van der Waals surface area contributed by atoms with Gasteiger partial charge in [0.15, 0.2) is 5.69 Å². The number of aryl methyl sites for hydroxylation is 1. The van der Waals surface area contributed by atoms with Crippen LogP contribution in [-0.2, 0) is 12.8 Å². The number of hydrogen-bond acceptors (Lipinski definition) is 5. The lowest BCUT2D eigenvalue weighted by atomic mass is 9.95. The number of nitrogens with zero attached hydrogens (tertiary/aromatic N) is 2. The van der Waals surface area contributed by atoms with Crippen molar-refractivity contribution >= 4 is 39.8 Å². The molecule has 3 aromatic rings. The number of carbonyl (C=O) groups excluding carboxylic acids is 2. The van der Waals surface area contributed by atoms with E-state index < -0.39 is 17.2 Å². The second kappa shape index (κ2) is 7.81. The Balaban J connectivity index is 1.69. The fourth-order valence-electron chi connectivity index (χ4n) is 3.40. The number of hydrogen-bond donors (Lipinski definition) is 2. The van der Waals surface area contributed by atoms with E-state index in [0.29, 0.717) is 21.3 Å². The Morgan fingerprint density at radius 1 is 1.21 bits per heavy atom. The third-order valence-electron chi connectivity index (χ3n) is 4.74. The summed E-state index contributed by atoms with van der Waals surface area (Å²) < 4.78 is 1.40. The number of carbonyl (C=O) groups is 2. The Hall–Kier alpha value is -2.97. The van der Waals surface area contributed by atoms with Crippen molar-refractivity contribution in [2.75, 3.05) is 5.32 Å². The summed E-state index contributed by atoms with van der Waals surface area (Å²) in [7, 11) is 0. The van der Waals surface area contributed by atoms with Crippen molar-refractivity contribution in [1.82, 2.24) is 9.78 Å². The first kappa shape index (κ1) is 19.4. The summed E-state index contributed by atoms with van der Waals surface area (Å²) in [4.78, 5) is 38.1. The molecule has 1 aromatic carbocycles. The fourth-order valence-corrected chi connectivity index (χ4v) is 4.88. The fraction of sp³-hybridized carbons (Fsp3) is 0.200. The number of aromatic nitrogens is 2. The minimum atomic E-state index is -0.688. The minimum Gasteiger partial charge on any atom is -0.365 e. The Bertz CT molecular complexity index is 1180. The smallest absolute Gasteiger partial charge is 0.280 e. The first-order valence-corrected chi connectivity index (χ1v) is 10.2. The van der Waals surface area contributed by atoms with E-state index in [1.54, 1.807) is 24.3 Å². The highest BCUT2D eigenvalue weighted by Crippen LogP contribution is 2.38. The summed E-state index contributed by atoms with van der Waals surface area (Å²) >= 11 is 7.34. The van der Waals surface area contributed by atoms with Crippen LogP contribution < -0.4 is 16.5 Å². The van der Waals surface area contributed by atoms with Crippen molar-refractivity contribution < 1.29 is 9.59 Å². The van der Waals surface area contributed by atoms with Crippen molar-refractivity contribution in [2.24, 2.45) is 5.73 Å². The second-order valence-electron chi connectivity index (χ2n) is 6.69. The van der Waals surface area contributed by atoms with Crippen LogP contribution in [-0.4, -0.2) is 21.6 Å². The molecule has 1 aliphatic rings. The minimum absolute atomic E-state index is 0.283. The number of benzene rings is 1. The van der Waals surface area contributed by atoms with Gasteiger partial charge in [0.25, 0.3) is 11.8 Å². The lowest BCUT2D eigenvalue weighted by Crippen LogP contribution is -2.26. The summed E-state index contributed by atoms with van der Waals surface area (Å²) in [5.74, 6) is -1.27. The molecule has 4 rings (SSSR count). The highest BCUT2D eigenvalue weighted by molar-refractivity contribution is 7.17. The predicted octanol–water partition coefficient (Wildman–Crippen LogP) is 3.18. The SMILES string of the molecule is NC(=O)c1c(NC(=O)c2nn(-c3cccc(Cl)c3)ccc2=O)sc2c1CCCC2. The van der Waals surface area contributed by atoms with E-state index in [9.17, 15) is 14.4 Å². The standard InChI is InChI=1S/C20H17ClN4O3S/c21-11-4-3-5-12(10-11)25-9-8-14(26)17(24-25)19(28)23-20-16(18(22)27)13-6-1-2-7-15(13)29-20/h3-5,8-10H,1-2,6-7H2,(H2,22,27)(H,23,28). The molecule has 3 N–H and O–H groups in total. The summed E-state index contributed by atoms with van der Waals surface area (Å²) in [6.45, 7) is 0. The Morgan fingerprint density at radius 2 is 2.00 bits per heavy atom. The van der Waals surface area contributed by atoms with E-state index in [1.165, 1.54) is 28.3 Å². The third kappa shape index (κ3) is 3.81. The number of amides is 2. The lowest BCUT2D eigenvalue weighted by Gasteiger charge is -2.11. The van der Waals surface area contributed by atoms with Gasteiger partial charge in [-0.3, -0.25) is 14.4 Å². The molecule has 0 unspecified atom stereocenters. The summed E-state index contributed by atoms with van der Waals surface area (Å²) in [6, 6.07) is 8.14. The molecule has 0 spiro atoms. The van der Waals surface area contributed by atoms with Gasteiger partial charge in [-0.15, -0.1) is 11.3 Å². The van der Waals surface area contributed by atoms with Gasteiger partial charge in [0.05, 0.1) is 11.3 Å². The number of rotatable bonds is 4. The molecule has 0 saturated heterocycles. The van der Waals surface area contributed by atoms with E-state index in [0.717, 1.165) is 36.1 Å². The van der Waals surface area contributed by atoms with Crippen LogP contribution in [0.3, 0.4) is 0 Å². The van der Waals surface area contributed by atoms with Crippen LogP contribution in [0.15, 0.2) is 41.3 Å². The van der Waals surface area contributed by atoms with Gasteiger partial charge in [0, 0.05) is 22.2 Å². The molecule has 0 fully saturated rings. The van der Waals surface area contributed by atoms with Crippen molar-refractivity contribution in [1.29, 1.82) is 0 Å². The number of nitrogens with one attached hydrogen (secondary N) is 1. The van der Waals surface area contributed by atoms with Crippen LogP contribution in [0, 0.1) is 0 Å². The molecule has 29 heavy (non-hydrogen) atoms. The van der Waals surface area contributed by atoms with Crippen LogP contribution >= 0.6 is 22.9 Å². The van der Waals surface area contributed by atoms with E-state index in [4.69, 9.17) is 17.3 Å². The molecule has 0 saturated carbocycles. The molecule has 2 heterocycles. The Morgan fingerprint density at radius 3 is 2.76 bits per heavy atom. The molecular formula is C20H17ClN4O3S. The van der Waals surface area contributed by atoms with Crippen LogP contribution in [0.25, 0.3) is 5.69 Å². The normalized spacial score (nSPS) is 13.0. The van der Waals surface area contributed by atoms with Gasteiger partial charge < -0.3 is 11.1 Å². The van der Waals surface area contributed by atoms with Crippen LogP contribution in [0.5, 0.6) is 0 Å². The Labute approximate surface area is 175 Å². The highest BCUT2D eigenvalue weighted by atomic mass is 35.5. The number of thiophene rings is 1. The van der Waals surface area contributed by atoms with Crippen LogP contribution in [0.1, 0.15) is 44.1 Å². The first-order chi connectivity index (χ1) is 13.9. The van der Waals surface area contributed by atoms with E-state index in [-0.39, 0.29) is 5.69 Å². The summed E-state index contributed by atoms with van der Waals surface area (Å²) in [6.07, 6.45) is 5.07. The lowest BCUT2D eigenvalue weighted by molar-refractivity contribution is 0.100. The van der Waals surface area contributed by atoms with Crippen molar-refractivity contribution in [2.45, 2.75) is 25.7 Å². The largest absolute Gasteiger partial charge is 0.365 e. The van der Waals surface area contributed by atoms with Crippen LogP contribution in [0.2, 0.25) is 5.02 Å². The number of anilines is 1. The maximum atomic E-state index is 12.8. The molecule has 2 amide bonds. The summed E-state index contributed by atoms with van der Waals surface area (Å²) in [5.41, 5.74) is 6.60. The average molecular weight is 429 g/mol. The Kier molecular flexibility index (Phi) is 5.21. The maximum Gasteiger partial charge on any atom is 0.280 e. The summed E-state index contributed by atoms with van der Waals surface area (Å²) in [5, 5.41) is 7.70. The molecule has 0 aliphatic heterocycles. The van der Waals surface area contributed by atoms with E-state index in [2.05, 4.69) is 10.4 Å². The van der Waals surface area contributed by atoms with E-state index >= 15 is 0 Å². The highest BCUT2D eigenvalue weighted by Gasteiger charge is 2.26. The molecule has 9 heteroatoms. The number of nitrogens with two attached hydrogens (primary N) is 1. The maximum absolute atomic E-state index is 12.8. The molecule has 0 atom stereocenters. The third-order valence-corrected chi connectivity index (χ3v) is 6.18. The van der Waals surface area contributed by atoms with Gasteiger partial charge in [0.2, 0.25) is 5.43 Å².